The summed E-state index contributed by atoms with van der Waals surface area (Å²) in [6.07, 6.45) is 2.93. The molecule has 3 rings (SSSR count). The third-order valence-corrected chi connectivity index (χ3v) is 6.70. The van der Waals surface area contributed by atoms with E-state index in [4.69, 9.17) is 0 Å². The fourth-order valence-corrected chi connectivity index (χ4v) is 4.74. The zero-order chi connectivity index (χ0) is 16.6. The monoisotopic (exact) mass is 336 g/mol. The fourth-order valence-electron chi connectivity index (χ4n) is 3.15. The van der Waals surface area contributed by atoms with Crippen LogP contribution in [0.15, 0.2) is 29.2 Å². The Morgan fingerprint density at radius 2 is 1.87 bits per heavy atom. The molecule has 1 heterocycles. The molecule has 23 heavy (non-hydrogen) atoms. The second-order valence-electron chi connectivity index (χ2n) is 6.94. The number of rotatable bonds is 4. The van der Waals surface area contributed by atoms with Crippen molar-refractivity contribution < 1.29 is 13.2 Å². The molecule has 126 valence electrons. The summed E-state index contributed by atoms with van der Waals surface area (Å²) in [6, 6.07) is 6.51. The standard InChI is InChI=1S/C17H24N2O3S/c1-12-4-3-9-19(11-12)23(21,22)15-7-5-14(6-8-15)18-17(20)16-10-13(16)2/h5-8,12-13,16H,3-4,9-11H2,1-2H3,(H,18,20)/t12-,13+,16+/m1/s1. The van der Waals surface area contributed by atoms with Gasteiger partial charge in [0, 0.05) is 24.7 Å². The van der Waals surface area contributed by atoms with Crippen LogP contribution in [0.4, 0.5) is 5.69 Å². The van der Waals surface area contributed by atoms with Crippen molar-refractivity contribution in [1.29, 1.82) is 0 Å². The summed E-state index contributed by atoms with van der Waals surface area (Å²) in [5.74, 6) is 0.986. The Balaban J connectivity index is 1.69. The van der Waals surface area contributed by atoms with Gasteiger partial charge in [0.1, 0.15) is 0 Å². The van der Waals surface area contributed by atoms with Gasteiger partial charge in [-0.1, -0.05) is 13.8 Å². The molecule has 0 spiro atoms. The molecule has 1 saturated carbocycles. The van der Waals surface area contributed by atoms with E-state index in [-0.39, 0.29) is 11.8 Å². The lowest BCUT2D eigenvalue weighted by Crippen LogP contribution is -2.39. The summed E-state index contributed by atoms with van der Waals surface area (Å²) in [4.78, 5) is 12.2. The Hall–Kier alpha value is -1.40. The summed E-state index contributed by atoms with van der Waals surface area (Å²) < 4.78 is 26.9. The summed E-state index contributed by atoms with van der Waals surface area (Å²) >= 11 is 0. The number of carbonyl (C=O) groups is 1. The van der Waals surface area contributed by atoms with E-state index in [1.807, 2.05) is 0 Å². The third-order valence-electron chi connectivity index (χ3n) is 4.83. The highest BCUT2D eigenvalue weighted by Crippen LogP contribution is 2.38. The molecule has 1 amide bonds. The highest BCUT2D eigenvalue weighted by Gasteiger charge is 2.39. The predicted octanol–water partition coefficient (Wildman–Crippen LogP) is 2.70. The first-order valence-corrected chi connectivity index (χ1v) is 9.73. The van der Waals surface area contributed by atoms with Crippen molar-refractivity contribution in [3.8, 4) is 0 Å². The number of nitrogens with zero attached hydrogens (tertiary/aromatic N) is 1. The minimum absolute atomic E-state index is 0.0259. The molecule has 6 heteroatoms. The van der Waals surface area contributed by atoms with E-state index >= 15 is 0 Å². The third kappa shape index (κ3) is 3.58. The number of hydrogen-bond donors (Lipinski definition) is 1. The lowest BCUT2D eigenvalue weighted by atomic mass is 10.0. The summed E-state index contributed by atoms with van der Waals surface area (Å²) in [5.41, 5.74) is 0.653. The topological polar surface area (TPSA) is 66.5 Å². The maximum Gasteiger partial charge on any atom is 0.243 e. The second-order valence-corrected chi connectivity index (χ2v) is 8.88. The molecule has 0 unspecified atom stereocenters. The van der Waals surface area contributed by atoms with Crippen molar-refractivity contribution in [3.05, 3.63) is 24.3 Å². The minimum atomic E-state index is -3.43. The van der Waals surface area contributed by atoms with Crippen LogP contribution in [-0.4, -0.2) is 31.7 Å². The summed E-state index contributed by atoms with van der Waals surface area (Å²) in [5, 5.41) is 2.85. The summed E-state index contributed by atoms with van der Waals surface area (Å²) in [7, 11) is -3.43. The first kappa shape index (κ1) is 16.5. The number of anilines is 1. The van der Waals surface area contributed by atoms with E-state index in [9.17, 15) is 13.2 Å². The van der Waals surface area contributed by atoms with E-state index in [1.54, 1.807) is 28.6 Å². The van der Waals surface area contributed by atoms with Gasteiger partial charge in [0.2, 0.25) is 15.9 Å². The van der Waals surface area contributed by atoms with Crippen LogP contribution in [0.5, 0.6) is 0 Å². The molecular formula is C17H24N2O3S. The molecule has 3 atom stereocenters. The lowest BCUT2D eigenvalue weighted by Gasteiger charge is -2.30. The summed E-state index contributed by atoms with van der Waals surface area (Å²) in [6.45, 7) is 5.31. The van der Waals surface area contributed by atoms with Gasteiger partial charge in [-0.05, 0) is 55.4 Å². The number of sulfonamides is 1. The number of benzene rings is 1. The largest absolute Gasteiger partial charge is 0.326 e. The molecule has 1 aromatic carbocycles. The molecule has 0 aromatic heterocycles. The van der Waals surface area contributed by atoms with Crippen LogP contribution in [0, 0.1) is 17.8 Å². The average Bonchev–Trinajstić information content (AvgIpc) is 3.25. The molecule has 1 aliphatic heterocycles. The smallest absolute Gasteiger partial charge is 0.243 e. The fraction of sp³-hybridized carbons (Fsp3) is 0.588. The average molecular weight is 336 g/mol. The Labute approximate surface area is 138 Å². The normalized spacial score (nSPS) is 28.3. The SMILES string of the molecule is C[C@@H]1CCCN(S(=O)(=O)c2ccc(NC(=O)[C@H]3C[C@@H]3C)cc2)C1. The van der Waals surface area contributed by atoms with Crippen molar-refractivity contribution in [2.75, 3.05) is 18.4 Å². The van der Waals surface area contributed by atoms with Crippen LogP contribution in [0.3, 0.4) is 0 Å². The van der Waals surface area contributed by atoms with Crippen LogP contribution in [-0.2, 0) is 14.8 Å². The van der Waals surface area contributed by atoms with E-state index < -0.39 is 10.0 Å². The van der Waals surface area contributed by atoms with Crippen LogP contribution in [0.2, 0.25) is 0 Å². The highest BCUT2D eigenvalue weighted by molar-refractivity contribution is 7.89. The molecule has 1 saturated heterocycles. The maximum absolute atomic E-state index is 12.7. The van der Waals surface area contributed by atoms with E-state index in [2.05, 4.69) is 19.2 Å². The predicted molar refractivity (Wildman–Crippen MR) is 89.5 cm³/mol. The van der Waals surface area contributed by atoms with Gasteiger partial charge >= 0.3 is 0 Å². The number of hydrogen-bond acceptors (Lipinski definition) is 3. The Morgan fingerprint density at radius 1 is 1.22 bits per heavy atom. The molecule has 2 aliphatic rings. The first-order valence-electron chi connectivity index (χ1n) is 8.29. The van der Waals surface area contributed by atoms with E-state index in [1.165, 1.54) is 0 Å². The minimum Gasteiger partial charge on any atom is -0.326 e. The van der Waals surface area contributed by atoms with Gasteiger partial charge < -0.3 is 5.32 Å². The van der Waals surface area contributed by atoms with Crippen LogP contribution in [0.1, 0.15) is 33.1 Å². The molecular weight excluding hydrogens is 312 g/mol. The zero-order valence-corrected chi connectivity index (χ0v) is 14.5. The van der Waals surface area contributed by atoms with Crippen LogP contribution < -0.4 is 5.32 Å². The molecule has 0 radical (unpaired) electrons. The van der Waals surface area contributed by atoms with Crippen LogP contribution in [0.25, 0.3) is 0 Å². The van der Waals surface area contributed by atoms with Gasteiger partial charge in [-0.2, -0.15) is 4.31 Å². The van der Waals surface area contributed by atoms with Gasteiger partial charge in [0.15, 0.2) is 0 Å². The van der Waals surface area contributed by atoms with Crippen molar-refractivity contribution in [3.63, 3.8) is 0 Å². The van der Waals surface area contributed by atoms with Gasteiger partial charge in [0.05, 0.1) is 4.90 Å². The Morgan fingerprint density at radius 3 is 2.43 bits per heavy atom. The molecule has 2 fully saturated rings. The number of piperidine rings is 1. The van der Waals surface area contributed by atoms with Gasteiger partial charge in [-0.25, -0.2) is 8.42 Å². The molecule has 1 aliphatic carbocycles. The number of amides is 1. The van der Waals surface area contributed by atoms with Crippen LogP contribution >= 0.6 is 0 Å². The van der Waals surface area contributed by atoms with E-state index in [0.29, 0.717) is 35.5 Å². The van der Waals surface area contributed by atoms with Crippen molar-refractivity contribution in [1.82, 2.24) is 4.31 Å². The van der Waals surface area contributed by atoms with Crippen molar-refractivity contribution in [2.24, 2.45) is 17.8 Å². The molecule has 5 nitrogen and oxygen atoms in total. The first-order chi connectivity index (χ1) is 10.9. The maximum atomic E-state index is 12.7. The van der Waals surface area contributed by atoms with E-state index in [0.717, 1.165) is 19.3 Å². The van der Waals surface area contributed by atoms with Crippen molar-refractivity contribution in [2.45, 2.75) is 38.0 Å². The number of nitrogens with one attached hydrogen (secondary N) is 1. The second kappa shape index (κ2) is 6.24. The quantitative estimate of drug-likeness (QED) is 0.919. The highest BCUT2D eigenvalue weighted by atomic mass is 32.2. The number of carbonyl (C=O) groups excluding carboxylic acids is 1. The zero-order valence-electron chi connectivity index (χ0n) is 13.7. The van der Waals surface area contributed by atoms with Gasteiger partial charge in [-0.3, -0.25) is 4.79 Å². The Kier molecular flexibility index (Phi) is 4.47. The Bertz CT molecular complexity index is 684. The molecule has 1 aromatic rings. The molecule has 0 bridgehead atoms. The lowest BCUT2D eigenvalue weighted by molar-refractivity contribution is -0.117. The van der Waals surface area contributed by atoms with Gasteiger partial charge in [0.25, 0.3) is 0 Å². The van der Waals surface area contributed by atoms with Gasteiger partial charge in [-0.15, -0.1) is 0 Å². The van der Waals surface area contributed by atoms with Crippen molar-refractivity contribution >= 4 is 21.6 Å². The molecule has 1 N–H and O–H groups in total.